The van der Waals surface area contributed by atoms with E-state index in [-0.39, 0.29) is 5.56 Å². The lowest BCUT2D eigenvalue weighted by Crippen LogP contribution is -2.26. The number of benzene rings is 1. The van der Waals surface area contributed by atoms with Gasteiger partial charge >= 0.3 is 0 Å². The van der Waals surface area contributed by atoms with Gasteiger partial charge < -0.3 is 14.7 Å². The van der Waals surface area contributed by atoms with Crippen LogP contribution in [0, 0.1) is 0 Å². The first-order valence-corrected chi connectivity index (χ1v) is 8.44. The van der Waals surface area contributed by atoms with E-state index in [9.17, 15) is 9.90 Å². The molecule has 2 N–H and O–H groups in total. The molecule has 1 atom stereocenters. The van der Waals surface area contributed by atoms with Crippen LogP contribution in [-0.4, -0.2) is 19.6 Å². The van der Waals surface area contributed by atoms with Crippen LogP contribution in [0.5, 0.6) is 0 Å². The van der Waals surface area contributed by atoms with Gasteiger partial charge in [-0.25, -0.2) is 0 Å². The summed E-state index contributed by atoms with van der Waals surface area (Å²) in [6, 6.07) is 10.2. The van der Waals surface area contributed by atoms with E-state index in [1.807, 2.05) is 22.8 Å². The molecular weight excluding hydrogens is 314 g/mol. The van der Waals surface area contributed by atoms with Crippen LogP contribution in [-0.2, 0) is 13.0 Å². The van der Waals surface area contributed by atoms with Crippen molar-refractivity contribution < 1.29 is 5.11 Å². The summed E-state index contributed by atoms with van der Waals surface area (Å²) in [5.74, 6) is 0. The fourth-order valence-electron chi connectivity index (χ4n) is 3.95. The summed E-state index contributed by atoms with van der Waals surface area (Å²) in [7, 11) is 0. The van der Waals surface area contributed by atoms with Crippen LogP contribution in [0.2, 0.25) is 0 Å². The van der Waals surface area contributed by atoms with Crippen molar-refractivity contribution in [3.63, 3.8) is 0 Å². The molecule has 0 bridgehead atoms. The quantitative estimate of drug-likeness (QED) is 0.563. The molecular formula is C20H17N3O2. The zero-order valence-electron chi connectivity index (χ0n) is 13.8. The van der Waals surface area contributed by atoms with Gasteiger partial charge in [-0.05, 0) is 36.4 Å². The summed E-state index contributed by atoms with van der Waals surface area (Å²) in [5.41, 5.74) is 4.84. The summed E-state index contributed by atoms with van der Waals surface area (Å²) in [6.07, 6.45) is 3.38. The molecule has 0 saturated carbocycles. The third-order valence-corrected chi connectivity index (χ3v) is 5.17. The number of aromatic amines is 1. The second-order valence-corrected chi connectivity index (χ2v) is 6.63. The molecule has 0 amide bonds. The van der Waals surface area contributed by atoms with Crippen molar-refractivity contribution >= 4 is 21.7 Å². The number of pyridine rings is 2. The largest absolute Gasteiger partial charge is 0.389 e. The highest BCUT2D eigenvalue weighted by molar-refractivity contribution is 5.93. The van der Waals surface area contributed by atoms with Gasteiger partial charge in [0.2, 0.25) is 0 Å². The number of aryl methyl sites for hydroxylation is 1. The van der Waals surface area contributed by atoms with Gasteiger partial charge in [0.05, 0.1) is 22.9 Å². The molecule has 1 aliphatic rings. The Morgan fingerprint density at radius 2 is 2.04 bits per heavy atom. The minimum Gasteiger partial charge on any atom is -0.389 e. The monoisotopic (exact) mass is 331 g/mol. The number of hydrogen-bond acceptors (Lipinski definition) is 3. The van der Waals surface area contributed by atoms with Gasteiger partial charge in [-0.2, -0.15) is 0 Å². The maximum atomic E-state index is 13.0. The van der Waals surface area contributed by atoms with Gasteiger partial charge in [0.1, 0.15) is 0 Å². The van der Waals surface area contributed by atoms with Crippen molar-refractivity contribution in [3.8, 4) is 11.4 Å². The Balaban J connectivity index is 1.90. The number of aliphatic hydroxyl groups excluding tert-OH is 1. The average molecular weight is 331 g/mol. The minimum atomic E-state index is -0.676. The summed E-state index contributed by atoms with van der Waals surface area (Å²) in [6.45, 7) is 2.35. The lowest BCUT2D eigenvalue weighted by atomic mass is 9.98. The molecule has 4 heterocycles. The van der Waals surface area contributed by atoms with E-state index < -0.39 is 6.10 Å². The van der Waals surface area contributed by atoms with Crippen molar-refractivity contribution in [1.29, 1.82) is 0 Å². The first kappa shape index (κ1) is 14.4. The number of aromatic nitrogens is 3. The van der Waals surface area contributed by atoms with Gasteiger partial charge in [-0.3, -0.25) is 9.78 Å². The molecule has 25 heavy (non-hydrogen) atoms. The van der Waals surface area contributed by atoms with E-state index in [2.05, 4.69) is 22.1 Å². The summed E-state index contributed by atoms with van der Waals surface area (Å²) in [4.78, 5) is 20.6. The molecule has 0 fully saturated rings. The third kappa shape index (κ3) is 1.93. The molecule has 5 heteroatoms. The van der Waals surface area contributed by atoms with Crippen molar-refractivity contribution in [3.05, 3.63) is 64.2 Å². The molecule has 1 aliphatic heterocycles. The molecule has 3 aromatic heterocycles. The van der Waals surface area contributed by atoms with E-state index in [1.165, 1.54) is 10.9 Å². The third-order valence-electron chi connectivity index (χ3n) is 5.17. The Labute approximate surface area is 143 Å². The zero-order valence-corrected chi connectivity index (χ0v) is 13.8. The average Bonchev–Trinajstić information content (AvgIpc) is 3.00. The van der Waals surface area contributed by atoms with Gasteiger partial charge in [0.25, 0.3) is 5.56 Å². The fourth-order valence-corrected chi connectivity index (χ4v) is 3.95. The molecule has 5 nitrogen and oxygen atoms in total. The number of fused-ring (bicyclic) bond motifs is 6. The summed E-state index contributed by atoms with van der Waals surface area (Å²) < 4.78 is 1.81. The molecule has 0 unspecified atom stereocenters. The van der Waals surface area contributed by atoms with Gasteiger partial charge in [-0.1, -0.05) is 18.2 Å². The fraction of sp³-hybridized carbons (Fsp3) is 0.200. The molecule has 0 aliphatic carbocycles. The SMILES string of the molecule is C[C@H](O)c1cncc2c(=O)n3c(cc12)-c1[nH]c2ccccc2c1CC3. The van der Waals surface area contributed by atoms with Gasteiger partial charge in [0, 0.05) is 35.4 Å². The van der Waals surface area contributed by atoms with Crippen LogP contribution in [0.3, 0.4) is 0 Å². The Bertz CT molecular complexity index is 1200. The van der Waals surface area contributed by atoms with Crippen molar-refractivity contribution in [2.75, 3.05) is 0 Å². The highest BCUT2D eigenvalue weighted by Gasteiger charge is 2.23. The predicted molar refractivity (Wildman–Crippen MR) is 97.6 cm³/mol. The van der Waals surface area contributed by atoms with Crippen LogP contribution in [0.15, 0.2) is 47.5 Å². The molecule has 1 aromatic carbocycles. The first-order chi connectivity index (χ1) is 12.1. The Morgan fingerprint density at radius 1 is 1.20 bits per heavy atom. The first-order valence-electron chi connectivity index (χ1n) is 8.44. The maximum Gasteiger partial charge on any atom is 0.260 e. The number of para-hydroxylation sites is 1. The van der Waals surface area contributed by atoms with E-state index >= 15 is 0 Å². The summed E-state index contributed by atoms with van der Waals surface area (Å²) >= 11 is 0. The van der Waals surface area contributed by atoms with Crippen molar-refractivity contribution in [1.82, 2.24) is 14.5 Å². The smallest absolute Gasteiger partial charge is 0.260 e. The Hall–Kier alpha value is -2.92. The highest BCUT2D eigenvalue weighted by atomic mass is 16.3. The molecule has 5 rings (SSSR count). The molecule has 0 spiro atoms. The highest BCUT2D eigenvalue weighted by Crippen LogP contribution is 2.35. The zero-order chi connectivity index (χ0) is 17.1. The molecule has 0 radical (unpaired) electrons. The second-order valence-electron chi connectivity index (χ2n) is 6.63. The molecule has 4 aromatic rings. The Kier molecular flexibility index (Phi) is 2.91. The van der Waals surface area contributed by atoms with E-state index in [0.29, 0.717) is 17.5 Å². The van der Waals surface area contributed by atoms with Crippen LogP contribution in [0.25, 0.3) is 33.1 Å². The normalized spacial score (nSPS) is 14.5. The van der Waals surface area contributed by atoms with Crippen LogP contribution in [0.1, 0.15) is 24.2 Å². The molecule has 124 valence electrons. The number of aliphatic hydroxyl groups is 1. The predicted octanol–water partition coefficient (Wildman–Crippen LogP) is 3.15. The van der Waals surface area contributed by atoms with Gasteiger partial charge in [0.15, 0.2) is 0 Å². The minimum absolute atomic E-state index is 0.0493. The van der Waals surface area contributed by atoms with E-state index in [0.717, 1.165) is 28.7 Å². The lowest BCUT2D eigenvalue weighted by molar-refractivity contribution is 0.200. The standard InChI is InChI=1S/C20H17N3O2/c1-11(24)15-9-21-10-16-14(15)8-18-19-13(6-7-23(18)20(16)25)12-4-2-3-5-17(12)22-19/h2-5,8-11,22,24H,6-7H2,1H3/t11-/m0/s1. The van der Waals surface area contributed by atoms with Crippen molar-refractivity contribution in [2.45, 2.75) is 26.0 Å². The number of nitrogens with one attached hydrogen (secondary N) is 1. The number of nitrogens with zero attached hydrogens (tertiary/aromatic N) is 2. The topological polar surface area (TPSA) is 70.9 Å². The number of hydrogen-bond donors (Lipinski definition) is 2. The number of rotatable bonds is 1. The van der Waals surface area contributed by atoms with Crippen molar-refractivity contribution in [2.24, 2.45) is 0 Å². The van der Waals surface area contributed by atoms with E-state index in [1.54, 1.807) is 19.3 Å². The molecule has 0 saturated heterocycles. The second kappa shape index (κ2) is 5.04. The van der Waals surface area contributed by atoms with E-state index in [4.69, 9.17) is 0 Å². The van der Waals surface area contributed by atoms with Gasteiger partial charge in [-0.15, -0.1) is 0 Å². The number of H-pyrrole nitrogens is 1. The maximum absolute atomic E-state index is 13.0. The van der Waals surface area contributed by atoms with Crippen LogP contribution < -0.4 is 5.56 Å². The van der Waals surface area contributed by atoms with Crippen LogP contribution >= 0.6 is 0 Å². The lowest BCUT2D eigenvalue weighted by Gasteiger charge is -2.21. The summed E-state index contributed by atoms with van der Waals surface area (Å²) in [5, 5.41) is 12.6. The van der Waals surface area contributed by atoms with Crippen LogP contribution in [0.4, 0.5) is 0 Å². The Morgan fingerprint density at radius 3 is 2.88 bits per heavy atom.